The van der Waals surface area contributed by atoms with E-state index in [0.29, 0.717) is 7.92 Å². The van der Waals surface area contributed by atoms with Gasteiger partial charge >= 0.3 is 0 Å². The molecule has 0 saturated carbocycles. The summed E-state index contributed by atoms with van der Waals surface area (Å²) in [6.45, 7) is 4.56. The molecule has 0 heterocycles. The molecule has 0 atom stereocenters. The van der Waals surface area contributed by atoms with Crippen molar-refractivity contribution in [3.8, 4) is 0 Å². The highest BCUT2D eigenvalue weighted by atomic mass is 127. The van der Waals surface area contributed by atoms with Gasteiger partial charge in [-0.15, -0.1) is 7.92 Å². The van der Waals surface area contributed by atoms with Crippen molar-refractivity contribution in [3.63, 3.8) is 0 Å². The van der Waals surface area contributed by atoms with Gasteiger partial charge in [-0.1, -0.05) is 22.6 Å². The van der Waals surface area contributed by atoms with E-state index >= 15 is 0 Å². The van der Waals surface area contributed by atoms with Gasteiger partial charge in [-0.3, -0.25) is 0 Å². The number of hydrogen-bond donors (Lipinski definition) is 0. The smallest absolute Gasteiger partial charge is 0.0194 e. The van der Waals surface area contributed by atoms with Crippen LogP contribution in [0.1, 0.15) is 0 Å². The Bertz CT molecular complexity index is 20.9. The van der Waals surface area contributed by atoms with E-state index in [1.165, 1.54) is 4.17 Å². The third-order valence-corrected chi connectivity index (χ3v) is 4.81. The molecular formula is C3H8IP. The van der Waals surface area contributed by atoms with Crippen LogP contribution in [0.15, 0.2) is 0 Å². The number of rotatable bonds is 1. The van der Waals surface area contributed by atoms with Gasteiger partial charge in [0, 0.05) is 4.17 Å². The Labute approximate surface area is 48.2 Å². The van der Waals surface area contributed by atoms with Gasteiger partial charge in [0.2, 0.25) is 0 Å². The molecule has 0 spiro atoms. The van der Waals surface area contributed by atoms with E-state index < -0.39 is 0 Å². The van der Waals surface area contributed by atoms with E-state index in [2.05, 4.69) is 35.9 Å². The van der Waals surface area contributed by atoms with Crippen molar-refractivity contribution < 1.29 is 0 Å². The first-order valence-electron chi connectivity index (χ1n) is 1.48. The van der Waals surface area contributed by atoms with Gasteiger partial charge in [0.15, 0.2) is 0 Å². The van der Waals surface area contributed by atoms with Crippen LogP contribution >= 0.6 is 30.5 Å². The average Bonchev–Trinajstić information content (AvgIpc) is 1.38. The SMILES string of the molecule is CP(C)CI. The molecule has 0 aromatic carbocycles. The Hall–Kier alpha value is 1.16. The summed E-state index contributed by atoms with van der Waals surface area (Å²) in [6.07, 6.45) is 0. The molecule has 0 radical (unpaired) electrons. The summed E-state index contributed by atoms with van der Waals surface area (Å²) in [4.78, 5) is 0. The number of alkyl halides is 1. The summed E-state index contributed by atoms with van der Waals surface area (Å²) in [5.41, 5.74) is 0. The molecule has 0 saturated heterocycles. The van der Waals surface area contributed by atoms with Gasteiger partial charge in [-0.25, -0.2) is 0 Å². The van der Waals surface area contributed by atoms with Crippen molar-refractivity contribution in [1.29, 1.82) is 0 Å². The van der Waals surface area contributed by atoms with Gasteiger partial charge in [0.1, 0.15) is 0 Å². The zero-order valence-corrected chi connectivity index (χ0v) is 6.58. The van der Waals surface area contributed by atoms with Gasteiger partial charge in [-0.2, -0.15) is 0 Å². The van der Waals surface area contributed by atoms with Gasteiger partial charge in [-0.05, 0) is 13.3 Å². The summed E-state index contributed by atoms with van der Waals surface area (Å²) in [6, 6.07) is 0. The molecule has 0 aromatic rings. The van der Waals surface area contributed by atoms with Crippen molar-refractivity contribution in [3.05, 3.63) is 0 Å². The Kier molecular flexibility index (Phi) is 4.13. The number of halogens is 1. The first-order valence-corrected chi connectivity index (χ1v) is 5.42. The van der Waals surface area contributed by atoms with Gasteiger partial charge < -0.3 is 0 Å². The Morgan fingerprint density at radius 1 is 1.60 bits per heavy atom. The van der Waals surface area contributed by atoms with E-state index in [4.69, 9.17) is 0 Å². The Morgan fingerprint density at radius 3 is 1.80 bits per heavy atom. The van der Waals surface area contributed by atoms with E-state index in [1.54, 1.807) is 0 Å². The second kappa shape index (κ2) is 3.35. The molecule has 0 aromatic heterocycles. The molecule has 5 heavy (non-hydrogen) atoms. The zero-order chi connectivity index (χ0) is 4.28. The maximum atomic E-state index is 2.41. The van der Waals surface area contributed by atoms with Crippen LogP contribution in [0.25, 0.3) is 0 Å². The highest BCUT2D eigenvalue weighted by Gasteiger charge is 1.79. The molecule has 0 aliphatic carbocycles. The molecule has 2 heteroatoms. The average molecular weight is 202 g/mol. The molecule has 0 unspecified atom stereocenters. The molecule has 32 valence electrons. The fourth-order valence-corrected chi connectivity index (χ4v) is 0. The van der Waals surface area contributed by atoms with Crippen LogP contribution in [-0.2, 0) is 0 Å². The molecular weight excluding hydrogens is 194 g/mol. The lowest BCUT2D eigenvalue weighted by Crippen LogP contribution is -1.59. The summed E-state index contributed by atoms with van der Waals surface area (Å²) < 4.78 is 1.34. The fourth-order valence-electron chi connectivity index (χ4n) is 0. The highest BCUT2D eigenvalue weighted by Crippen LogP contribution is 2.26. The number of hydrogen-bond acceptors (Lipinski definition) is 0. The first-order chi connectivity index (χ1) is 2.27. The predicted molar refractivity (Wildman–Crippen MR) is 37.7 cm³/mol. The molecule has 0 rings (SSSR count). The van der Waals surface area contributed by atoms with Gasteiger partial charge in [0.05, 0.1) is 0 Å². The van der Waals surface area contributed by atoms with Crippen molar-refractivity contribution in [1.82, 2.24) is 0 Å². The van der Waals surface area contributed by atoms with Crippen LogP contribution in [0, 0.1) is 0 Å². The second-order valence-electron chi connectivity index (χ2n) is 1.20. The van der Waals surface area contributed by atoms with E-state index in [9.17, 15) is 0 Å². The van der Waals surface area contributed by atoms with Crippen LogP contribution in [0.3, 0.4) is 0 Å². The summed E-state index contributed by atoms with van der Waals surface area (Å²) in [7, 11) is 0.388. The molecule has 0 N–H and O–H groups in total. The minimum Gasteiger partial charge on any atom is -0.103 e. The quantitative estimate of drug-likeness (QED) is 0.347. The van der Waals surface area contributed by atoms with Crippen molar-refractivity contribution in [2.45, 2.75) is 0 Å². The standard InChI is InChI=1S/C3H8IP/c1-5(2)3-4/h3H2,1-2H3. The van der Waals surface area contributed by atoms with Crippen LogP contribution < -0.4 is 0 Å². The third kappa shape index (κ3) is 5.16. The summed E-state index contributed by atoms with van der Waals surface area (Å²) >= 11 is 2.41. The summed E-state index contributed by atoms with van der Waals surface area (Å²) in [5, 5.41) is 0. The molecule has 0 aliphatic rings. The molecule has 0 amide bonds. The first kappa shape index (κ1) is 6.16. The Morgan fingerprint density at radius 2 is 1.80 bits per heavy atom. The van der Waals surface area contributed by atoms with Crippen LogP contribution in [-0.4, -0.2) is 17.5 Å². The minimum atomic E-state index is 0.388. The largest absolute Gasteiger partial charge is 0.103 e. The molecule has 0 fully saturated rings. The predicted octanol–water partition coefficient (Wildman–Crippen LogP) is 2.12. The van der Waals surface area contributed by atoms with Crippen LogP contribution in [0.2, 0.25) is 0 Å². The lowest BCUT2D eigenvalue weighted by Gasteiger charge is -1.90. The second-order valence-corrected chi connectivity index (χ2v) is 5.64. The van der Waals surface area contributed by atoms with Crippen molar-refractivity contribution in [2.24, 2.45) is 0 Å². The van der Waals surface area contributed by atoms with Gasteiger partial charge in [0.25, 0.3) is 0 Å². The van der Waals surface area contributed by atoms with Crippen molar-refractivity contribution >= 4 is 30.5 Å². The van der Waals surface area contributed by atoms with E-state index in [1.807, 2.05) is 0 Å². The van der Waals surface area contributed by atoms with E-state index in [-0.39, 0.29) is 0 Å². The van der Waals surface area contributed by atoms with Crippen LogP contribution in [0.5, 0.6) is 0 Å². The van der Waals surface area contributed by atoms with E-state index in [0.717, 1.165) is 0 Å². The maximum absolute atomic E-state index is 2.41. The maximum Gasteiger partial charge on any atom is 0.0194 e. The topological polar surface area (TPSA) is 0 Å². The van der Waals surface area contributed by atoms with Crippen LogP contribution in [0.4, 0.5) is 0 Å². The molecule has 0 nitrogen and oxygen atoms in total. The lowest BCUT2D eigenvalue weighted by atomic mass is 11.9. The van der Waals surface area contributed by atoms with Crippen molar-refractivity contribution in [2.75, 3.05) is 17.5 Å². The molecule has 0 aliphatic heterocycles. The fraction of sp³-hybridized carbons (Fsp3) is 1.00. The lowest BCUT2D eigenvalue weighted by molar-refractivity contribution is 2.10. The molecule has 0 bridgehead atoms. The zero-order valence-electron chi connectivity index (χ0n) is 3.53. The normalized spacial score (nSPS) is 9.60. The third-order valence-electron chi connectivity index (χ3n) is 0.239. The highest BCUT2D eigenvalue weighted by molar-refractivity contribution is 14.1. The Balaban J connectivity index is 2.54. The monoisotopic (exact) mass is 202 g/mol. The summed E-state index contributed by atoms with van der Waals surface area (Å²) in [5.74, 6) is 0. The minimum absolute atomic E-state index is 0.388.